The molecular formula is C21H17N3O3S. The van der Waals surface area contributed by atoms with Crippen molar-refractivity contribution in [1.82, 2.24) is 4.98 Å². The maximum atomic E-state index is 12.8. The second kappa shape index (κ2) is 8.14. The number of hydrogen-bond donors (Lipinski definition) is 2. The van der Waals surface area contributed by atoms with E-state index < -0.39 is 0 Å². The van der Waals surface area contributed by atoms with Gasteiger partial charge in [0.25, 0.3) is 5.91 Å². The number of benzene rings is 2. The molecule has 0 bridgehead atoms. The number of aromatic nitrogens is 1. The van der Waals surface area contributed by atoms with E-state index in [0.717, 1.165) is 10.6 Å². The zero-order valence-electron chi connectivity index (χ0n) is 14.8. The summed E-state index contributed by atoms with van der Waals surface area (Å²) in [6, 6.07) is 18.0. The molecule has 2 heterocycles. The molecule has 28 heavy (non-hydrogen) atoms. The number of carbonyl (C=O) groups excluding carboxylic acids is 2. The molecule has 6 nitrogen and oxygen atoms in total. The number of rotatable bonds is 4. The quantitative estimate of drug-likeness (QED) is 0.681. The van der Waals surface area contributed by atoms with Crippen molar-refractivity contribution in [2.75, 3.05) is 16.4 Å². The minimum Gasteiger partial charge on any atom is -0.437 e. The second-order valence-corrected chi connectivity index (χ2v) is 7.22. The highest BCUT2D eigenvalue weighted by molar-refractivity contribution is 7.99. The molecule has 2 aromatic carbocycles. The Balaban J connectivity index is 1.55. The molecule has 1 aliphatic heterocycles. The van der Waals surface area contributed by atoms with Gasteiger partial charge >= 0.3 is 0 Å². The number of anilines is 2. The summed E-state index contributed by atoms with van der Waals surface area (Å²) in [6.07, 6.45) is 2.06. The number of hydrogen-bond acceptors (Lipinski definition) is 5. The summed E-state index contributed by atoms with van der Waals surface area (Å²) < 4.78 is 5.78. The molecule has 0 fully saturated rings. The summed E-state index contributed by atoms with van der Waals surface area (Å²) in [7, 11) is 0. The van der Waals surface area contributed by atoms with Crippen LogP contribution in [0.3, 0.4) is 0 Å². The molecule has 0 radical (unpaired) electrons. The molecule has 140 valence electrons. The van der Waals surface area contributed by atoms with Crippen LogP contribution >= 0.6 is 11.8 Å². The van der Waals surface area contributed by atoms with Crippen LogP contribution in [0.15, 0.2) is 71.8 Å². The summed E-state index contributed by atoms with van der Waals surface area (Å²) in [5.41, 5.74) is 1.56. The first-order valence-electron chi connectivity index (χ1n) is 8.75. The zero-order chi connectivity index (χ0) is 19.3. The minimum absolute atomic E-state index is 0.0467. The van der Waals surface area contributed by atoms with Crippen molar-refractivity contribution in [2.24, 2.45) is 0 Å². The van der Waals surface area contributed by atoms with E-state index in [1.807, 2.05) is 36.4 Å². The van der Waals surface area contributed by atoms with E-state index in [4.69, 9.17) is 4.74 Å². The van der Waals surface area contributed by atoms with Crippen LogP contribution in [-0.2, 0) is 4.79 Å². The van der Waals surface area contributed by atoms with Crippen LogP contribution in [0.2, 0.25) is 0 Å². The highest BCUT2D eigenvalue weighted by atomic mass is 32.2. The van der Waals surface area contributed by atoms with Gasteiger partial charge in [-0.3, -0.25) is 9.59 Å². The van der Waals surface area contributed by atoms with Crippen molar-refractivity contribution < 1.29 is 14.3 Å². The number of nitrogens with zero attached hydrogens (tertiary/aromatic N) is 1. The van der Waals surface area contributed by atoms with Crippen molar-refractivity contribution in [1.29, 1.82) is 0 Å². The molecule has 0 spiro atoms. The number of thioether (sulfide) groups is 1. The molecule has 1 aromatic heterocycles. The fourth-order valence-electron chi connectivity index (χ4n) is 2.72. The van der Waals surface area contributed by atoms with Crippen LogP contribution in [0.1, 0.15) is 16.8 Å². The monoisotopic (exact) mass is 391 g/mol. The Morgan fingerprint density at radius 1 is 1.11 bits per heavy atom. The Kier molecular flexibility index (Phi) is 5.25. The van der Waals surface area contributed by atoms with E-state index in [2.05, 4.69) is 15.6 Å². The molecule has 0 saturated carbocycles. The molecular weight excluding hydrogens is 374 g/mol. The van der Waals surface area contributed by atoms with Crippen LogP contribution in [0.25, 0.3) is 0 Å². The first-order chi connectivity index (χ1) is 13.7. The number of ether oxygens (including phenoxy) is 1. The third kappa shape index (κ3) is 4.15. The molecule has 7 heteroatoms. The fourth-order valence-corrected chi connectivity index (χ4v) is 3.66. The topological polar surface area (TPSA) is 80.3 Å². The average molecular weight is 391 g/mol. The van der Waals surface area contributed by atoms with Gasteiger partial charge in [-0.05, 0) is 42.5 Å². The molecule has 4 rings (SSSR count). The van der Waals surface area contributed by atoms with Gasteiger partial charge in [-0.15, -0.1) is 11.8 Å². The van der Waals surface area contributed by atoms with Crippen molar-refractivity contribution in [3.63, 3.8) is 0 Å². The van der Waals surface area contributed by atoms with Crippen LogP contribution in [0, 0.1) is 0 Å². The molecule has 0 saturated heterocycles. The summed E-state index contributed by atoms with van der Waals surface area (Å²) in [5, 5.41) is 5.68. The number of pyridine rings is 1. The summed E-state index contributed by atoms with van der Waals surface area (Å²) in [4.78, 5) is 29.7. The normalized spacial score (nSPS) is 13.1. The number of nitrogens with one attached hydrogen (secondary N) is 2. The lowest BCUT2D eigenvalue weighted by atomic mass is 10.1. The van der Waals surface area contributed by atoms with Gasteiger partial charge in [0.15, 0.2) is 0 Å². The van der Waals surface area contributed by atoms with Gasteiger partial charge in [-0.1, -0.05) is 18.2 Å². The van der Waals surface area contributed by atoms with E-state index in [9.17, 15) is 9.59 Å². The SMILES string of the molecule is O=C1CCSc2ccc(C(=O)Nc3cccnc3Oc3ccccc3)cc2N1. The van der Waals surface area contributed by atoms with E-state index in [-0.39, 0.29) is 11.8 Å². The number of carbonyl (C=O) groups is 2. The van der Waals surface area contributed by atoms with Crippen LogP contribution < -0.4 is 15.4 Å². The Labute approximate surface area is 166 Å². The van der Waals surface area contributed by atoms with E-state index in [1.165, 1.54) is 0 Å². The van der Waals surface area contributed by atoms with E-state index >= 15 is 0 Å². The van der Waals surface area contributed by atoms with Gasteiger partial charge in [0, 0.05) is 28.8 Å². The first kappa shape index (κ1) is 18.1. The van der Waals surface area contributed by atoms with Crippen LogP contribution in [-0.4, -0.2) is 22.6 Å². The zero-order valence-corrected chi connectivity index (χ0v) is 15.7. The maximum Gasteiger partial charge on any atom is 0.255 e. The Morgan fingerprint density at radius 3 is 2.82 bits per heavy atom. The average Bonchev–Trinajstić information content (AvgIpc) is 2.90. The van der Waals surface area contributed by atoms with E-state index in [0.29, 0.717) is 35.0 Å². The summed E-state index contributed by atoms with van der Waals surface area (Å²) in [5.74, 6) is 1.30. The van der Waals surface area contributed by atoms with Crippen molar-refractivity contribution in [2.45, 2.75) is 11.3 Å². The number of fused-ring (bicyclic) bond motifs is 1. The number of para-hydroxylation sites is 1. The smallest absolute Gasteiger partial charge is 0.255 e. The minimum atomic E-state index is -0.308. The second-order valence-electron chi connectivity index (χ2n) is 6.08. The van der Waals surface area contributed by atoms with Crippen LogP contribution in [0.5, 0.6) is 11.6 Å². The summed E-state index contributed by atoms with van der Waals surface area (Å²) >= 11 is 1.60. The first-order valence-corrected chi connectivity index (χ1v) is 9.73. The van der Waals surface area contributed by atoms with Crippen molar-refractivity contribution in [3.8, 4) is 11.6 Å². The van der Waals surface area contributed by atoms with Gasteiger partial charge in [0.1, 0.15) is 11.4 Å². The van der Waals surface area contributed by atoms with Gasteiger partial charge in [-0.25, -0.2) is 4.98 Å². The predicted octanol–water partition coefficient (Wildman–Crippen LogP) is 4.56. The lowest BCUT2D eigenvalue weighted by Gasteiger charge is -2.12. The molecule has 2 amide bonds. The molecule has 2 N–H and O–H groups in total. The molecule has 0 unspecified atom stereocenters. The largest absolute Gasteiger partial charge is 0.437 e. The highest BCUT2D eigenvalue weighted by Crippen LogP contribution is 2.32. The molecule has 3 aromatic rings. The Bertz CT molecular complexity index is 1020. The van der Waals surface area contributed by atoms with Crippen molar-refractivity contribution >= 4 is 35.0 Å². The van der Waals surface area contributed by atoms with Crippen molar-refractivity contribution in [3.05, 3.63) is 72.4 Å². The maximum absolute atomic E-state index is 12.8. The predicted molar refractivity (Wildman–Crippen MR) is 109 cm³/mol. The molecule has 0 atom stereocenters. The fraction of sp³-hybridized carbons (Fsp3) is 0.0952. The third-order valence-corrected chi connectivity index (χ3v) is 5.15. The lowest BCUT2D eigenvalue weighted by molar-refractivity contribution is -0.115. The Morgan fingerprint density at radius 2 is 1.96 bits per heavy atom. The Hall–Kier alpha value is -3.32. The lowest BCUT2D eigenvalue weighted by Crippen LogP contribution is -2.14. The van der Waals surface area contributed by atoms with Gasteiger partial charge < -0.3 is 15.4 Å². The standard InChI is InChI=1S/C21H17N3O3S/c25-19-10-12-28-18-9-8-14(13-17(18)23-19)20(26)24-16-7-4-11-22-21(16)27-15-5-2-1-3-6-15/h1-9,11,13H,10,12H2,(H,23,25)(H,24,26). The molecule has 0 aliphatic carbocycles. The van der Waals surface area contributed by atoms with Gasteiger partial charge in [-0.2, -0.15) is 0 Å². The van der Waals surface area contributed by atoms with Gasteiger partial charge in [0.05, 0.1) is 5.69 Å². The van der Waals surface area contributed by atoms with Crippen LogP contribution in [0.4, 0.5) is 11.4 Å². The third-order valence-electron chi connectivity index (χ3n) is 4.08. The van der Waals surface area contributed by atoms with Gasteiger partial charge in [0.2, 0.25) is 11.8 Å². The summed E-state index contributed by atoms with van der Waals surface area (Å²) in [6.45, 7) is 0. The number of amides is 2. The molecule has 1 aliphatic rings. The highest BCUT2D eigenvalue weighted by Gasteiger charge is 2.17. The van der Waals surface area contributed by atoms with E-state index in [1.54, 1.807) is 42.2 Å².